The molecule has 2 rings (SSSR count). The van der Waals surface area contributed by atoms with Gasteiger partial charge in [-0.2, -0.15) is 10.4 Å². The fraction of sp³-hybridized carbons (Fsp3) is 0.267. The van der Waals surface area contributed by atoms with E-state index in [9.17, 15) is 9.90 Å². The second kappa shape index (κ2) is 5.29. The van der Waals surface area contributed by atoms with Crippen LogP contribution in [-0.4, -0.2) is 20.9 Å². The Balaban J connectivity index is 2.54. The first-order valence-corrected chi connectivity index (χ1v) is 6.31. The molecule has 0 saturated heterocycles. The summed E-state index contributed by atoms with van der Waals surface area (Å²) < 4.78 is 7.19. The van der Waals surface area contributed by atoms with Crippen molar-refractivity contribution in [1.29, 1.82) is 5.26 Å². The lowest BCUT2D eigenvalue weighted by Gasteiger charge is -2.12. The number of hydrogen-bond acceptors (Lipinski definition) is 4. The number of hydrogen-bond donors (Lipinski definition) is 1. The zero-order valence-electron chi connectivity index (χ0n) is 12.3. The van der Waals surface area contributed by atoms with Crippen LogP contribution < -0.4 is 4.74 Å². The van der Waals surface area contributed by atoms with Gasteiger partial charge in [-0.15, -0.1) is 0 Å². The maximum absolute atomic E-state index is 11.3. The van der Waals surface area contributed by atoms with Crippen LogP contribution in [0.1, 0.15) is 32.7 Å². The van der Waals surface area contributed by atoms with Gasteiger partial charge in [0.05, 0.1) is 17.3 Å². The SMILES string of the molecule is Cc1cc(C#N)cc(C)c1Oc1c(C(=O)O)c(C)nn1C. The highest BCUT2D eigenvalue weighted by Crippen LogP contribution is 2.32. The predicted molar refractivity (Wildman–Crippen MR) is 75.6 cm³/mol. The average Bonchev–Trinajstić information content (AvgIpc) is 2.67. The number of nitriles is 1. The van der Waals surface area contributed by atoms with E-state index in [1.54, 1.807) is 26.1 Å². The van der Waals surface area contributed by atoms with Crippen molar-refractivity contribution in [3.05, 3.63) is 40.1 Å². The normalized spacial score (nSPS) is 10.2. The van der Waals surface area contributed by atoms with Crippen molar-refractivity contribution in [3.8, 4) is 17.7 Å². The fourth-order valence-electron chi connectivity index (χ4n) is 2.27. The van der Waals surface area contributed by atoms with Crippen molar-refractivity contribution in [1.82, 2.24) is 9.78 Å². The first-order chi connectivity index (χ1) is 9.85. The van der Waals surface area contributed by atoms with E-state index in [4.69, 9.17) is 10.00 Å². The molecule has 1 aromatic heterocycles. The first-order valence-electron chi connectivity index (χ1n) is 6.31. The molecule has 1 aromatic carbocycles. The van der Waals surface area contributed by atoms with E-state index in [-0.39, 0.29) is 11.4 Å². The molecular formula is C15H15N3O3. The summed E-state index contributed by atoms with van der Waals surface area (Å²) in [6.07, 6.45) is 0. The highest BCUT2D eigenvalue weighted by molar-refractivity contribution is 5.91. The van der Waals surface area contributed by atoms with E-state index >= 15 is 0 Å². The molecule has 0 unspecified atom stereocenters. The molecule has 6 nitrogen and oxygen atoms in total. The van der Waals surface area contributed by atoms with Gasteiger partial charge in [0, 0.05) is 7.05 Å². The zero-order valence-corrected chi connectivity index (χ0v) is 12.3. The molecule has 0 saturated carbocycles. The van der Waals surface area contributed by atoms with E-state index in [0.717, 1.165) is 11.1 Å². The molecule has 6 heteroatoms. The number of ether oxygens (including phenoxy) is 1. The minimum atomic E-state index is -1.08. The van der Waals surface area contributed by atoms with E-state index in [1.165, 1.54) is 4.68 Å². The number of rotatable bonds is 3. The highest BCUT2D eigenvalue weighted by Gasteiger charge is 2.22. The average molecular weight is 285 g/mol. The van der Waals surface area contributed by atoms with Gasteiger partial charge in [-0.05, 0) is 44.0 Å². The van der Waals surface area contributed by atoms with E-state index in [1.807, 2.05) is 13.8 Å². The number of benzene rings is 1. The molecule has 2 aromatic rings. The largest absolute Gasteiger partial charge is 0.477 e. The smallest absolute Gasteiger partial charge is 0.343 e. The summed E-state index contributed by atoms with van der Waals surface area (Å²) in [7, 11) is 1.63. The summed E-state index contributed by atoms with van der Waals surface area (Å²) in [6, 6.07) is 5.48. The van der Waals surface area contributed by atoms with Crippen LogP contribution in [0.3, 0.4) is 0 Å². The topological polar surface area (TPSA) is 88.1 Å². The molecule has 1 heterocycles. The number of aryl methyl sites for hydroxylation is 4. The van der Waals surface area contributed by atoms with Gasteiger partial charge >= 0.3 is 5.97 Å². The van der Waals surface area contributed by atoms with Crippen molar-refractivity contribution in [2.75, 3.05) is 0 Å². The van der Waals surface area contributed by atoms with Gasteiger partial charge < -0.3 is 9.84 Å². The molecule has 108 valence electrons. The van der Waals surface area contributed by atoms with Crippen molar-refractivity contribution in [3.63, 3.8) is 0 Å². The van der Waals surface area contributed by atoms with E-state index in [0.29, 0.717) is 17.0 Å². The van der Waals surface area contributed by atoms with Crippen LogP contribution in [0.5, 0.6) is 11.6 Å². The Morgan fingerprint density at radius 3 is 2.38 bits per heavy atom. The Labute approximate surface area is 122 Å². The molecule has 21 heavy (non-hydrogen) atoms. The molecule has 0 aliphatic rings. The van der Waals surface area contributed by atoms with Crippen LogP contribution in [0.25, 0.3) is 0 Å². The Hall–Kier alpha value is -2.81. The summed E-state index contributed by atoms with van der Waals surface area (Å²) in [5.74, 6) is -0.366. The van der Waals surface area contributed by atoms with E-state index < -0.39 is 5.97 Å². The molecule has 0 spiro atoms. The summed E-state index contributed by atoms with van der Waals surface area (Å²) in [4.78, 5) is 11.3. The van der Waals surface area contributed by atoms with Gasteiger partial charge in [-0.3, -0.25) is 0 Å². The van der Waals surface area contributed by atoms with Crippen molar-refractivity contribution in [2.24, 2.45) is 7.05 Å². The van der Waals surface area contributed by atoms with Crippen LogP contribution in [0.2, 0.25) is 0 Å². The van der Waals surface area contributed by atoms with Crippen LogP contribution >= 0.6 is 0 Å². The summed E-state index contributed by atoms with van der Waals surface area (Å²) >= 11 is 0. The third-order valence-corrected chi connectivity index (χ3v) is 3.17. The molecule has 0 aliphatic carbocycles. The number of aromatic nitrogens is 2. The number of aromatic carboxylic acids is 1. The van der Waals surface area contributed by atoms with Crippen molar-refractivity contribution in [2.45, 2.75) is 20.8 Å². The number of nitrogens with zero attached hydrogens (tertiary/aromatic N) is 3. The summed E-state index contributed by atoms with van der Waals surface area (Å²) in [6.45, 7) is 5.24. The van der Waals surface area contributed by atoms with Crippen LogP contribution in [-0.2, 0) is 7.05 Å². The van der Waals surface area contributed by atoms with E-state index in [2.05, 4.69) is 11.2 Å². The van der Waals surface area contributed by atoms with Crippen LogP contribution in [0.4, 0.5) is 0 Å². The van der Waals surface area contributed by atoms with Crippen LogP contribution in [0.15, 0.2) is 12.1 Å². The Bertz CT molecular complexity index is 746. The predicted octanol–water partition coefficient (Wildman–Crippen LogP) is 2.71. The second-order valence-electron chi connectivity index (χ2n) is 4.85. The number of carbonyl (C=O) groups is 1. The minimum Gasteiger partial charge on any atom is -0.477 e. The molecule has 0 fully saturated rings. The Kier molecular flexibility index (Phi) is 3.68. The Morgan fingerprint density at radius 2 is 1.90 bits per heavy atom. The standard InChI is InChI=1S/C15H15N3O3/c1-8-5-11(7-16)6-9(2)13(8)21-14-12(15(19)20)10(3)17-18(14)4/h5-6H,1-4H3,(H,19,20). The van der Waals surface area contributed by atoms with Gasteiger partial charge in [-0.25, -0.2) is 9.48 Å². The van der Waals surface area contributed by atoms with Gasteiger partial charge in [0.15, 0.2) is 0 Å². The molecule has 0 radical (unpaired) electrons. The van der Waals surface area contributed by atoms with Crippen LogP contribution in [0, 0.1) is 32.1 Å². The summed E-state index contributed by atoms with van der Waals surface area (Å²) in [5, 5.41) is 22.3. The summed E-state index contributed by atoms with van der Waals surface area (Å²) in [5.41, 5.74) is 2.50. The second-order valence-corrected chi connectivity index (χ2v) is 4.85. The molecular weight excluding hydrogens is 270 g/mol. The van der Waals surface area contributed by atoms with Crippen molar-refractivity contribution < 1.29 is 14.6 Å². The van der Waals surface area contributed by atoms with Crippen molar-refractivity contribution >= 4 is 5.97 Å². The first kappa shape index (κ1) is 14.6. The maximum Gasteiger partial charge on any atom is 0.343 e. The van der Waals surface area contributed by atoms with Gasteiger partial charge in [0.2, 0.25) is 5.88 Å². The molecule has 0 aliphatic heterocycles. The maximum atomic E-state index is 11.3. The number of carboxylic acids is 1. The Morgan fingerprint density at radius 1 is 1.33 bits per heavy atom. The third kappa shape index (κ3) is 2.58. The molecule has 0 amide bonds. The molecule has 0 bridgehead atoms. The number of carboxylic acid groups (broad SMARTS) is 1. The van der Waals surface area contributed by atoms with Gasteiger partial charge in [-0.1, -0.05) is 0 Å². The fourth-order valence-corrected chi connectivity index (χ4v) is 2.27. The highest BCUT2D eigenvalue weighted by atomic mass is 16.5. The zero-order chi connectivity index (χ0) is 15.7. The van der Waals surface area contributed by atoms with Gasteiger partial charge in [0.25, 0.3) is 0 Å². The monoisotopic (exact) mass is 285 g/mol. The minimum absolute atomic E-state index is 0.0423. The lowest BCUT2D eigenvalue weighted by Crippen LogP contribution is -2.03. The lowest BCUT2D eigenvalue weighted by molar-refractivity contribution is 0.0693. The quantitative estimate of drug-likeness (QED) is 0.936. The lowest BCUT2D eigenvalue weighted by atomic mass is 10.1. The third-order valence-electron chi connectivity index (χ3n) is 3.17. The molecule has 1 N–H and O–H groups in total. The van der Waals surface area contributed by atoms with Gasteiger partial charge in [0.1, 0.15) is 11.3 Å². The molecule has 0 atom stereocenters.